The largest absolute Gasteiger partial charge is 0.444 e. The van der Waals surface area contributed by atoms with E-state index in [4.69, 9.17) is 4.74 Å². The summed E-state index contributed by atoms with van der Waals surface area (Å²) in [5.74, 6) is -0.361. The molecule has 144 valence electrons. The second-order valence-corrected chi connectivity index (χ2v) is 7.39. The van der Waals surface area contributed by atoms with Gasteiger partial charge in [0.1, 0.15) is 11.6 Å². The minimum absolute atomic E-state index is 0.361. The Morgan fingerprint density at radius 1 is 1.00 bits per heavy atom. The minimum Gasteiger partial charge on any atom is -0.444 e. The Morgan fingerprint density at radius 3 is 2.46 bits per heavy atom. The number of carbonyl (C=O) groups is 2. The van der Waals surface area contributed by atoms with Crippen molar-refractivity contribution in [2.75, 3.05) is 5.32 Å². The number of ether oxygens (including phenoxy) is 1. The van der Waals surface area contributed by atoms with E-state index in [2.05, 4.69) is 15.6 Å². The summed E-state index contributed by atoms with van der Waals surface area (Å²) in [7, 11) is 0. The van der Waals surface area contributed by atoms with E-state index in [0.29, 0.717) is 11.3 Å². The SMILES string of the molecule is CC(C)(C)OC(=O)NC(C(=O)Nc1ccc2ncccc2c1)c1ccccc1. The molecule has 6 nitrogen and oxygen atoms in total. The number of nitrogens with zero attached hydrogens (tertiary/aromatic N) is 1. The number of hydrogen-bond donors (Lipinski definition) is 2. The summed E-state index contributed by atoms with van der Waals surface area (Å²) < 4.78 is 5.31. The first kappa shape index (κ1) is 19.4. The average Bonchev–Trinajstić information content (AvgIpc) is 2.65. The zero-order valence-corrected chi connectivity index (χ0v) is 16.1. The van der Waals surface area contributed by atoms with E-state index in [1.54, 1.807) is 45.2 Å². The summed E-state index contributed by atoms with van der Waals surface area (Å²) in [4.78, 5) is 29.5. The lowest BCUT2D eigenvalue weighted by atomic mass is 10.1. The predicted molar refractivity (Wildman–Crippen MR) is 109 cm³/mol. The van der Waals surface area contributed by atoms with Gasteiger partial charge in [-0.2, -0.15) is 0 Å². The van der Waals surface area contributed by atoms with Gasteiger partial charge in [-0.1, -0.05) is 36.4 Å². The summed E-state index contributed by atoms with van der Waals surface area (Å²) >= 11 is 0. The van der Waals surface area contributed by atoms with Gasteiger partial charge in [0.05, 0.1) is 5.52 Å². The van der Waals surface area contributed by atoms with Gasteiger partial charge in [-0.05, 0) is 50.6 Å². The van der Waals surface area contributed by atoms with Crippen LogP contribution in [0.2, 0.25) is 0 Å². The van der Waals surface area contributed by atoms with Gasteiger partial charge in [0.15, 0.2) is 0 Å². The molecule has 0 saturated heterocycles. The summed E-state index contributed by atoms with van der Waals surface area (Å²) in [6.45, 7) is 5.31. The molecular weight excluding hydrogens is 354 g/mol. The van der Waals surface area contributed by atoms with Crippen molar-refractivity contribution >= 4 is 28.6 Å². The number of benzene rings is 2. The van der Waals surface area contributed by atoms with E-state index in [-0.39, 0.29) is 5.91 Å². The lowest BCUT2D eigenvalue weighted by Gasteiger charge is -2.23. The first-order chi connectivity index (χ1) is 13.3. The lowest BCUT2D eigenvalue weighted by Crippen LogP contribution is -2.40. The molecule has 2 N–H and O–H groups in total. The van der Waals surface area contributed by atoms with Crippen LogP contribution >= 0.6 is 0 Å². The zero-order valence-electron chi connectivity index (χ0n) is 16.1. The second kappa shape index (κ2) is 8.08. The highest BCUT2D eigenvalue weighted by Gasteiger charge is 2.26. The fraction of sp³-hybridized carbons (Fsp3) is 0.227. The average molecular weight is 377 g/mol. The zero-order chi connectivity index (χ0) is 20.1. The van der Waals surface area contributed by atoms with E-state index in [9.17, 15) is 9.59 Å². The molecular formula is C22H23N3O3. The van der Waals surface area contributed by atoms with Crippen LogP contribution in [0, 0.1) is 0 Å². The van der Waals surface area contributed by atoms with Crippen LogP contribution < -0.4 is 10.6 Å². The third kappa shape index (κ3) is 5.07. The van der Waals surface area contributed by atoms with E-state index in [0.717, 1.165) is 10.9 Å². The molecule has 3 rings (SSSR count). The molecule has 0 bridgehead atoms. The number of aromatic nitrogens is 1. The van der Waals surface area contributed by atoms with Crippen LogP contribution in [-0.2, 0) is 9.53 Å². The Kier molecular flexibility index (Phi) is 5.59. The van der Waals surface area contributed by atoms with Crippen LogP contribution in [-0.4, -0.2) is 22.6 Å². The van der Waals surface area contributed by atoms with Crippen molar-refractivity contribution in [1.29, 1.82) is 0 Å². The number of anilines is 1. The Bertz CT molecular complexity index is 981. The Labute approximate surface area is 163 Å². The summed E-state index contributed by atoms with van der Waals surface area (Å²) in [6, 6.07) is 17.4. The number of carbonyl (C=O) groups excluding carboxylic acids is 2. The van der Waals surface area contributed by atoms with E-state index in [1.807, 2.05) is 42.5 Å². The molecule has 3 aromatic rings. The van der Waals surface area contributed by atoms with Crippen molar-refractivity contribution in [3.05, 3.63) is 72.4 Å². The quantitative estimate of drug-likeness (QED) is 0.704. The van der Waals surface area contributed by atoms with Crippen molar-refractivity contribution in [3.63, 3.8) is 0 Å². The number of hydrogen-bond acceptors (Lipinski definition) is 4. The molecule has 1 atom stereocenters. The molecule has 2 amide bonds. The van der Waals surface area contributed by atoms with Crippen molar-refractivity contribution in [2.24, 2.45) is 0 Å². The second-order valence-electron chi connectivity index (χ2n) is 7.39. The minimum atomic E-state index is -0.888. The fourth-order valence-corrected chi connectivity index (χ4v) is 2.74. The van der Waals surface area contributed by atoms with Gasteiger partial charge in [-0.15, -0.1) is 0 Å². The summed E-state index contributed by atoms with van der Waals surface area (Å²) in [5.41, 5.74) is 1.46. The highest BCUT2D eigenvalue weighted by molar-refractivity contribution is 5.98. The van der Waals surface area contributed by atoms with E-state index >= 15 is 0 Å². The molecule has 0 aliphatic rings. The Balaban J connectivity index is 1.82. The molecule has 0 aliphatic carbocycles. The maximum Gasteiger partial charge on any atom is 0.408 e. The molecule has 0 saturated carbocycles. The lowest BCUT2D eigenvalue weighted by molar-refractivity contribution is -0.118. The smallest absolute Gasteiger partial charge is 0.408 e. The van der Waals surface area contributed by atoms with Gasteiger partial charge in [-0.25, -0.2) is 4.79 Å². The van der Waals surface area contributed by atoms with Gasteiger partial charge in [0, 0.05) is 17.3 Å². The molecule has 1 unspecified atom stereocenters. The maximum absolute atomic E-state index is 13.0. The third-order valence-corrected chi connectivity index (χ3v) is 3.93. The van der Waals surface area contributed by atoms with Crippen molar-refractivity contribution in [3.8, 4) is 0 Å². The monoisotopic (exact) mass is 377 g/mol. The maximum atomic E-state index is 13.0. The van der Waals surface area contributed by atoms with Crippen LogP contribution in [0.4, 0.5) is 10.5 Å². The Hall–Kier alpha value is -3.41. The molecule has 1 heterocycles. The van der Waals surface area contributed by atoms with Gasteiger partial charge < -0.3 is 15.4 Å². The normalized spacial score (nSPS) is 12.2. The number of pyridine rings is 1. The fourth-order valence-electron chi connectivity index (χ4n) is 2.74. The first-order valence-electron chi connectivity index (χ1n) is 9.02. The predicted octanol–water partition coefficient (Wildman–Crippen LogP) is 4.44. The van der Waals surface area contributed by atoms with Crippen molar-refractivity contribution < 1.29 is 14.3 Å². The van der Waals surface area contributed by atoms with E-state index < -0.39 is 17.7 Å². The standard InChI is InChI=1S/C22H23N3O3/c1-22(2,3)28-21(27)25-19(15-8-5-4-6-9-15)20(26)24-17-11-12-18-16(14-17)10-7-13-23-18/h4-14,19H,1-3H3,(H,24,26)(H,25,27). The molecule has 1 aromatic heterocycles. The highest BCUT2D eigenvalue weighted by Crippen LogP contribution is 2.20. The molecule has 0 fully saturated rings. The molecule has 2 aromatic carbocycles. The number of fused-ring (bicyclic) bond motifs is 1. The first-order valence-corrected chi connectivity index (χ1v) is 9.02. The summed E-state index contributed by atoms with van der Waals surface area (Å²) in [5, 5.41) is 6.44. The van der Waals surface area contributed by atoms with Gasteiger partial charge in [0.25, 0.3) is 5.91 Å². The number of nitrogens with one attached hydrogen (secondary N) is 2. The number of alkyl carbamates (subject to hydrolysis) is 1. The molecule has 0 aliphatic heterocycles. The van der Waals surface area contributed by atoms with Crippen molar-refractivity contribution in [2.45, 2.75) is 32.4 Å². The molecule has 28 heavy (non-hydrogen) atoms. The van der Waals surface area contributed by atoms with Crippen LogP contribution in [0.15, 0.2) is 66.9 Å². The topological polar surface area (TPSA) is 80.3 Å². The molecule has 0 radical (unpaired) electrons. The number of rotatable bonds is 4. The third-order valence-electron chi connectivity index (χ3n) is 3.93. The summed E-state index contributed by atoms with van der Waals surface area (Å²) in [6.07, 6.45) is 1.07. The van der Waals surface area contributed by atoms with Crippen molar-refractivity contribution in [1.82, 2.24) is 10.3 Å². The molecule has 6 heteroatoms. The van der Waals surface area contributed by atoms with E-state index in [1.165, 1.54) is 0 Å². The van der Waals surface area contributed by atoms with Crippen LogP contribution in [0.5, 0.6) is 0 Å². The number of amides is 2. The van der Waals surface area contributed by atoms with Gasteiger partial charge in [0.2, 0.25) is 0 Å². The van der Waals surface area contributed by atoms with Gasteiger partial charge in [-0.3, -0.25) is 9.78 Å². The highest BCUT2D eigenvalue weighted by atomic mass is 16.6. The van der Waals surface area contributed by atoms with Crippen LogP contribution in [0.25, 0.3) is 10.9 Å². The van der Waals surface area contributed by atoms with Crippen LogP contribution in [0.1, 0.15) is 32.4 Å². The Morgan fingerprint density at radius 2 is 1.75 bits per heavy atom. The van der Waals surface area contributed by atoms with Gasteiger partial charge >= 0.3 is 6.09 Å². The van der Waals surface area contributed by atoms with Crippen LogP contribution in [0.3, 0.4) is 0 Å². The molecule has 0 spiro atoms.